The van der Waals surface area contributed by atoms with Crippen LogP contribution in [-0.2, 0) is 16.1 Å². The van der Waals surface area contributed by atoms with Gasteiger partial charge in [-0.05, 0) is 43.9 Å². The van der Waals surface area contributed by atoms with Crippen LogP contribution in [0, 0.1) is 5.92 Å². The van der Waals surface area contributed by atoms with E-state index in [1.165, 1.54) is 10.9 Å². The largest absolute Gasteiger partial charge is 0.464 e. The molecule has 0 fully saturated rings. The number of nitrogens with one attached hydrogen (secondary N) is 2. The Balaban J connectivity index is 1.84. The van der Waals surface area contributed by atoms with Crippen LogP contribution in [0.25, 0.3) is 22.7 Å². The summed E-state index contributed by atoms with van der Waals surface area (Å²) in [6, 6.07) is 8.10. The Hall–Kier alpha value is -3.99. The summed E-state index contributed by atoms with van der Waals surface area (Å²) in [6.45, 7) is 9.56. The van der Waals surface area contributed by atoms with E-state index in [1.807, 2.05) is 33.8 Å². The van der Waals surface area contributed by atoms with Gasteiger partial charge in [0.15, 0.2) is 0 Å². The Morgan fingerprint density at radius 2 is 1.77 bits per heavy atom. The molecular formula is C28H37N5O6. The molecule has 0 saturated carbocycles. The van der Waals surface area contributed by atoms with Crippen LogP contribution in [-0.4, -0.2) is 63.0 Å². The summed E-state index contributed by atoms with van der Waals surface area (Å²) in [5, 5.41) is 19.7. The van der Waals surface area contributed by atoms with Crippen molar-refractivity contribution in [2.75, 3.05) is 13.2 Å². The second kappa shape index (κ2) is 13.7. The molecule has 0 bridgehead atoms. The predicted octanol–water partition coefficient (Wildman–Crippen LogP) is 3.43. The van der Waals surface area contributed by atoms with Gasteiger partial charge in [-0.25, -0.2) is 9.78 Å². The van der Waals surface area contributed by atoms with Crippen LogP contribution in [0.2, 0.25) is 0 Å². The van der Waals surface area contributed by atoms with Crippen LogP contribution in [0.1, 0.15) is 68.5 Å². The van der Waals surface area contributed by atoms with Gasteiger partial charge in [-0.15, -0.1) is 0 Å². The molecule has 0 saturated heterocycles. The smallest absolute Gasteiger partial charge is 0.328 e. The normalized spacial score (nSPS) is 12.0. The van der Waals surface area contributed by atoms with E-state index in [2.05, 4.69) is 20.7 Å². The summed E-state index contributed by atoms with van der Waals surface area (Å²) in [5.41, 5.74) is 2.19. The summed E-state index contributed by atoms with van der Waals surface area (Å²) in [6.07, 6.45) is 2.92. The number of carbonyl (C=O) groups is 3. The standard InChI is InChI=1S/C28H37N5O6/c1-6-20(7-2)30-25(35)22-15-21(32-33(22)12-13-34)18-10-9-11-19(14-18)27-29-16-23(39-27)26(36)31-24(17(4)5)28(37)38-8-3/h9-11,14-17,20,24,34H,6-8,12-13H2,1-5H3,(H,30,35)(H,31,36)/t24-/m0/s1. The van der Waals surface area contributed by atoms with Crippen LogP contribution in [0.15, 0.2) is 40.9 Å². The van der Waals surface area contributed by atoms with Crippen molar-refractivity contribution in [1.29, 1.82) is 0 Å². The van der Waals surface area contributed by atoms with E-state index in [9.17, 15) is 19.5 Å². The van der Waals surface area contributed by atoms with E-state index in [0.29, 0.717) is 22.5 Å². The molecule has 0 aliphatic carbocycles. The van der Waals surface area contributed by atoms with Crippen LogP contribution in [0.3, 0.4) is 0 Å². The van der Waals surface area contributed by atoms with Gasteiger partial charge in [0.25, 0.3) is 11.8 Å². The van der Waals surface area contributed by atoms with E-state index in [1.54, 1.807) is 31.2 Å². The summed E-state index contributed by atoms with van der Waals surface area (Å²) in [4.78, 5) is 42.1. The first-order chi connectivity index (χ1) is 18.7. The SMILES string of the molecule is CCOC(=O)[C@@H](NC(=O)c1cnc(-c2cccc(-c3cc(C(=O)NC(CC)CC)n(CCO)n3)c2)o1)C(C)C. The highest BCUT2D eigenvalue weighted by molar-refractivity contribution is 5.95. The van der Waals surface area contributed by atoms with Gasteiger partial charge in [0.1, 0.15) is 11.7 Å². The molecule has 3 aromatic rings. The first kappa shape index (κ1) is 29.6. The number of aliphatic hydroxyl groups is 1. The molecule has 2 heterocycles. The minimum absolute atomic E-state index is 0.0436. The van der Waals surface area contributed by atoms with Crippen molar-refractivity contribution in [3.05, 3.63) is 48.0 Å². The maximum atomic E-state index is 12.9. The van der Waals surface area contributed by atoms with Crippen molar-refractivity contribution in [2.24, 2.45) is 5.92 Å². The van der Waals surface area contributed by atoms with Gasteiger partial charge >= 0.3 is 5.97 Å². The predicted molar refractivity (Wildman–Crippen MR) is 145 cm³/mol. The van der Waals surface area contributed by atoms with Gasteiger partial charge in [-0.2, -0.15) is 5.10 Å². The Bertz CT molecular complexity index is 1280. The number of rotatable bonds is 13. The number of oxazole rings is 1. The highest BCUT2D eigenvalue weighted by Gasteiger charge is 2.27. The van der Waals surface area contributed by atoms with Gasteiger partial charge in [0.05, 0.1) is 31.6 Å². The molecule has 2 amide bonds. The highest BCUT2D eigenvalue weighted by atomic mass is 16.5. The van der Waals surface area contributed by atoms with E-state index in [-0.39, 0.29) is 49.3 Å². The topological polar surface area (TPSA) is 149 Å². The molecule has 11 heteroatoms. The zero-order chi connectivity index (χ0) is 28.5. The van der Waals surface area contributed by atoms with Crippen LogP contribution in [0.4, 0.5) is 0 Å². The number of aromatic nitrogens is 3. The summed E-state index contributed by atoms with van der Waals surface area (Å²) >= 11 is 0. The average molecular weight is 540 g/mol. The van der Waals surface area contributed by atoms with Crippen LogP contribution >= 0.6 is 0 Å². The lowest BCUT2D eigenvalue weighted by Gasteiger charge is -2.19. The lowest BCUT2D eigenvalue weighted by Crippen LogP contribution is -2.45. The van der Waals surface area contributed by atoms with Crippen molar-refractivity contribution < 1.29 is 28.6 Å². The molecule has 0 unspecified atom stereocenters. The first-order valence-electron chi connectivity index (χ1n) is 13.3. The number of nitrogens with zero attached hydrogens (tertiary/aromatic N) is 3. The van der Waals surface area contributed by atoms with Crippen LogP contribution in [0.5, 0.6) is 0 Å². The molecule has 0 aliphatic rings. The molecule has 3 rings (SSSR count). The molecule has 2 aromatic heterocycles. The van der Waals surface area contributed by atoms with Gasteiger partial charge < -0.3 is 24.9 Å². The summed E-state index contributed by atoms with van der Waals surface area (Å²) in [7, 11) is 0. The third-order valence-corrected chi connectivity index (χ3v) is 6.27. The zero-order valence-electron chi connectivity index (χ0n) is 23.1. The van der Waals surface area contributed by atoms with Crippen molar-refractivity contribution in [1.82, 2.24) is 25.4 Å². The molecule has 1 aromatic carbocycles. The molecular weight excluding hydrogens is 502 g/mol. The van der Waals surface area contributed by atoms with Crippen molar-refractivity contribution in [3.63, 3.8) is 0 Å². The lowest BCUT2D eigenvalue weighted by atomic mass is 10.0. The van der Waals surface area contributed by atoms with E-state index in [4.69, 9.17) is 9.15 Å². The quantitative estimate of drug-likeness (QED) is 0.280. The number of hydrogen-bond donors (Lipinski definition) is 3. The second-order valence-electron chi connectivity index (χ2n) is 9.41. The molecule has 39 heavy (non-hydrogen) atoms. The van der Waals surface area contributed by atoms with Gasteiger partial charge in [-0.1, -0.05) is 39.8 Å². The lowest BCUT2D eigenvalue weighted by molar-refractivity contribution is -0.146. The van der Waals surface area contributed by atoms with Gasteiger partial charge in [0, 0.05) is 17.2 Å². The molecule has 210 valence electrons. The molecule has 0 spiro atoms. The number of esters is 1. The Kier molecular flexibility index (Phi) is 10.4. The minimum atomic E-state index is -0.820. The molecule has 1 atom stereocenters. The number of aliphatic hydroxyl groups excluding tert-OH is 1. The number of amides is 2. The van der Waals surface area contributed by atoms with Gasteiger partial charge in [0.2, 0.25) is 11.7 Å². The fourth-order valence-electron chi connectivity index (χ4n) is 4.02. The van der Waals surface area contributed by atoms with E-state index >= 15 is 0 Å². The van der Waals surface area contributed by atoms with Crippen molar-refractivity contribution in [2.45, 2.75) is 66.1 Å². The fourth-order valence-corrected chi connectivity index (χ4v) is 4.02. The average Bonchev–Trinajstić information content (AvgIpc) is 3.59. The molecule has 0 radical (unpaired) electrons. The van der Waals surface area contributed by atoms with Crippen molar-refractivity contribution >= 4 is 17.8 Å². The zero-order valence-corrected chi connectivity index (χ0v) is 23.1. The summed E-state index contributed by atoms with van der Waals surface area (Å²) in [5.74, 6) is -1.36. The fraction of sp³-hybridized carbons (Fsp3) is 0.464. The Labute approximate surface area is 227 Å². The highest BCUT2D eigenvalue weighted by Crippen LogP contribution is 2.26. The molecule has 11 nitrogen and oxygen atoms in total. The van der Waals surface area contributed by atoms with E-state index in [0.717, 1.165) is 12.8 Å². The minimum Gasteiger partial charge on any atom is -0.464 e. The third-order valence-electron chi connectivity index (χ3n) is 6.27. The third kappa shape index (κ3) is 7.32. The Morgan fingerprint density at radius 1 is 1.05 bits per heavy atom. The summed E-state index contributed by atoms with van der Waals surface area (Å²) < 4.78 is 12.3. The molecule has 0 aliphatic heterocycles. The second-order valence-corrected chi connectivity index (χ2v) is 9.41. The van der Waals surface area contributed by atoms with E-state index < -0.39 is 17.9 Å². The number of hydrogen-bond acceptors (Lipinski definition) is 8. The maximum absolute atomic E-state index is 12.9. The number of benzene rings is 1. The number of ether oxygens (including phenoxy) is 1. The monoisotopic (exact) mass is 539 g/mol. The number of carbonyl (C=O) groups excluding carboxylic acids is 3. The van der Waals surface area contributed by atoms with Crippen molar-refractivity contribution in [3.8, 4) is 22.7 Å². The Morgan fingerprint density at radius 3 is 2.41 bits per heavy atom. The first-order valence-corrected chi connectivity index (χ1v) is 13.3. The maximum Gasteiger partial charge on any atom is 0.328 e. The van der Waals surface area contributed by atoms with Gasteiger partial charge in [-0.3, -0.25) is 14.3 Å². The van der Waals surface area contributed by atoms with Crippen LogP contribution < -0.4 is 10.6 Å². The molecule has 3 N–H and O–H groups in total.